The highest BCUT2D eigenvalue weighted by Gasteiger charge is 2.21. The van der Waals surface area contributed by atoms with E-state index in [4.69, 9.17) is 39.4 Å². The molecule has 10 heteroatoms. The molecule has 0 unspecified atom stereocenters. The van der Waals surface area contributed by atoms with Crippen molar-refractivity contribution in [1.29, 1.82) is 0 Å². The molecule has 0 atom stereocenters. The van der Waals surface area contributed by atoms with Crippen LogP contribution < -0.4 is 21.1 Å². The first-order valence-corrected chi connectivity index (χ1v) is 10.8. The molecule has 8 nitrogen and oxygen atoms in total. The number of anilines is 2. The van der Waals surface area contributed by atoms with Gasteiger partial charge in [0.05, 0.1) is 29.0 Å². The number of piperazine rings is 1. The van der Waals surface area contributed by atoms with E-state index in [2.05, 4.69) is 19.9 Å². The van der Waals surface area contributed by atoms with Gasteiger partial charge in [0, 0.05) is 31.7 Å². The number of nitrogens with zero attached hydrogens (tertiary/aromatic N) is 5. The zero-order valence-electron chi connectivity index (χ0n) is 17.5. The fourth-order valence-electron chi connectivity index (χ4n) is 3.46. The van der Waals surface area contributed by atoms with Gasteiger partial charge in [-0.2, -0.15) is 0 Å². The molecule has 1 aliphatic heterocycles. The Morgan fingerprint density at radius 1 is 1.06 bits per heavy atom. The Kier molecular flexibility index (Phi) is 6.53. The number of nitrogen functional groups attached to an aromatic ring is 1. The van der Waals surface area contributed by atoms with Gasteiger partial charge in [0.15, 0.2) is 11.8 Å². The van der Waals surface area contributed by atoms with Gasteiger partial charge in [-0.25, -0.2) is 15.0 Å². The molecule has 0 saturated carbocycles. The minimum absolute atomic E-state index is 0.301. The van der Waals surface area contributed by atoms with E-state index in [1.807, 2.05) is 35.2 Å². The second-order valence-electron chi connectivity index (χ2n) is 7.21. The van der Waals surface area contributed by atoms with E-state index in [0.29, 0.717) is 65.1 Å². The van der Waals surface area contributed by atoms with Crippen molar-refractivity contribution in [2.45, 2.75) is 0 Å². The standard InChI is InChI=1S/C22H23Cl2N7O/c1-32-15-7-5-14(6-8-15)28-22(26)31-11-9-30(10-12-31)18-13-27-20(21(25)29-18)16-3-2-4-17(23)19(16)24/h2-8,13H,9-12H2,1H3,(H2,25,29)(H2,26,28). The van der Waals surface area contributed by atoms with E-state index >= 15 is 0 Å². The van der Waals surface area contributed by atoms with E-state index < -0.39 is 0 Å². The Bertz CT molecular complexity index is 1130. The van der Waals surface area contributed by atoms with Crippen molar-refractivity contribution in [2.24, 2.45) is 10.7 Å². The third-order valence-corrected chi connectivity index (χ3v) is 6.06. The van der Waals surface area contributed by atoms with Crippen molar-refractivity contribution in [2.75, 3.05) is 43.9 Å². The van der Waals surface area contributed by atoms with E-state index in [9.17, 15) is 0 Å². The zero-order valence-corrected chi connectivity index (χ0v) is 19.0. The number of nitrogens with two attached hydrogens (primary N) is 2. The molecular weight excluding hydrogens is 449 g/mol. The first-order valence-electron chi connectivity index (χ1n) is 10.0. The maximum atomic E-state index is 6.31. The van der Waals surface area contributed by atoms with Gasteiger partial charge < -0.3 is 26.0 Å². The maximum Gasteiger partial charge on any atom is 0.196 e. The van der Waals surface area contributed by atoms with Crippen molar-refractivity contribution >= 4 is 46.5 Å². The predicted octanol–water partition coefficient (Wildman–Crippen LogP) is 3.81. The lowest BCUT2D eigenvalue weighted by atomic mass is 10.1. The lowest BCUT2D eigenvalue weighted by molar-refractivity contribution is 0.381. The lowest BCUT2D eigenvalue weighted by Gasteiger charge is -2.35. The van der Waals surface area contributed by atoms with Gasteiger partial charge >= 0.3 is 0 Å². The van der Waals surface area contributed by atoms with Crippen LogP contribution in [0.15, 0.2) is 53.7 Å². The Labute approximate surface area is 196 Å². The molecule has 1 aliphatic rings. The predicted molar refractivity (Wildman–Crippen MR) is 130 cm³/mol. The van der Waals surface area contributed by atoms with Crippen LogP contribution in [0.3, 0.4) is 0 Å². The van der Waals surface area contributed by atoms with Crippen molar-refractivity contribution in [3.05, 3.63) is 58.7 Å². The van der Waals surface area contributed by atoms with Crippen molar-refractivity contribution < 1.29 is 4.74 Å². The number of aliphatic imine (C=N–C) groups is 1. The number of halogens is 2. The molecule has 0 radical (unpaired) electrons. The Hall–Kier alpha value is -3.23. The summed E-state index contributed by atoms with van der Waals surface area (Å²) in [6.45, 7) is 2.83. The van der Waals surface area contributed by atoms with Crippen LogP contribution >= 0.6 is 23.2 Å². The average Bonchev–Trinajstić information content (AvgIpc) is 2.81. The number of rotatable bonds is 4. The largest absolute Gasteiger partial charge is 0.497 e. The number of methoxy groups -OCH3 is 1. The molecule has 4 rings (SSSR count). The molecule has 0 aliphatic carbocycles. The van der Waals surface area contributed by atoms with Gasteiger partial charge in [-0.1, -0.05) is 35.3 Å². The SMILES string of the molecule is COc1ccc(N=C(N)N2CCN(c3cnc(-c4cccc(Cl)c4Cl)c(N)n3)CC2)cc1. The quantitative estimate of drug-likeness (QED) is 0.439. The molecule has 0 bridgehead atoms. The monoisotopic (exact) mass is 471 g/mol. The molecule has 2 heterocycles. The second-order valence-corrected chi connectivity index (χ2v) is 7.99. The topological polar surface area (TPSA) is 106 Å². The van der Waals surface area contributed by atoms with Gasteiger partial charge in [-0.3, -0.25) is 0 Å². The van der Waals surface area contributed by atoms with E-state index in [0.717, 1.165) is 11.4 Å². The van der Waals surface area contributed by atoms with Gasteiger partial charge in [0.2, 0.25) is 0 Å². The average molecular weight is 472 g/mol. The molecule has 0 spiro atoms. The molecule has 4 N–H and O–H groups in total. The summed E-state index contributed by atoms with van der Waals surface area (Å²) >= 11 is 12.4. The molecule has 1 fully saturated rings. The van der Waals surface area contributed by atoms with Gasteiger partial charge in [-0.05, 0) is 30.3 Å². The maximum absolute atomic E-state index is 6.31. The van der Waals surface area contributed by atoms with Crippen LogP contribution in [-0.2, 0) is 0 Å². The Morgan fingerprint density at radius 2 is 1.78 bits per heavy atom. The third kappa shape index (κ3) is 4.66. The van der Waals surface area contributed by atoms with Crippen LogP contribution in [0, 0.1) is 0 Å². The van der Waals surface area contributed by atoms with Gasteiger partial charge in [0.25, 0.3) is 0 Å². The highest BCUT2D eigenvalue weighted by Crippen LogP contribution is 2.35. The first kappa shape index (κ1) is 22.0. The molecule has 1 aromatic heterocycles. The summed E-state index contributed by atoms with van der Waals surface area (Å²) in [6.07, 6.45) is 1.70. The number of guanidine groups is 1. The molecule has 0 amide bonds. The summed E-state index contributed by atoms with van der Waals surface area (Å²) in [7, 11) is 1.63. The summed E-state index contributed by atoms with van der Waals surface area (Å²) in [6, 6.07) is 12.8. The van der Waals surface area contributed by atoms with Crippen LogP contribution in [0.5, 0.6) is 5.75 Å². The van der Waals surface area contributed by atoms with Gasteiger partial charge in [-0.15, -0.1) is 0 Å². The fraction of sp³-hybridized carbons (Fsp3) is 0.227. The second kappa shape index (κ2) is 9.50. The van der Waals surface area contributed by atoms with E-state index in [-0.39, 0.29) is 0 Å². The number of hydrogen-bond acceptors (Lipinski definition) is 6. The van der Waals surface area contributed by atoms with Gasteiger partial charge in [0.1, 0.15) is 17.3 Å². The van der Waals surface area contributed by atoms with Crippen LogP contribution in [0.25, 0.3) is 11.3 Å². The van der Waals surface area contributed by atoms with Crippen LogP contribution in [0.1, 0.15) is 0 Å². The van der Waals surface area contributed by atoms with Crippen molar-refractivity contribution in [3.63, 3.8) is 0 Å². The van der Waals surface area contributed by atoms with E-state index in [1.165, 1.54) is 0 Å². The smallest absolute Gasteiger partial charge is 0.196 e. The summed E-state index contributed by atoms with van der Waals surface area (Å²) < 4.78 is 5.17. The van der Waals surface area contributed by atoms with Crippen molar-refractivity contribution in [3.8, 4) is 17.0 Å². The van der Waals surface area contributed by atoms with Crippen LogP contribution in [0.2, 0.25) is 10.0 Å². The Balaban J connectivity index is 1.43. The molecular formula is C22H23Cl2N7O. The number of aromatic nitrogens is 2. The summed E-state index contributed by atoms with van der Waals surface area (Å²) in [5.74, 6) is 2.26. The number of benzene rings is 2. The normalized spacial score (nSPS) is 14.5. The van der Waals surface area contributed by atoms with Crippen molar-refractivity contribution in [1.82, 2.24) is 14.9 Å². The Morgan fingerprint density at radius 3 is 2.44 bits per heavy atom. The molecule has 2 aromatic carbocycles. The highest BCUT2D eigenvalue weighted by molar-refractivity contribution is 6.43. The van der Waals surface area contributed by atoms with Crippen LogP contribution in [0.4, 0.5) is 17.3 Å². The molecule has 32 heavy (non-hydrogen) atoms. The molecule has 3 aromatic rings. The highest BCUT2D eigenvalue weighted by atomic mass is 35.5. The minimum Gasteiger partial charge on any atom is -0.497 e. The first-order chi connectivity index (χ1) is 15.5. The molecule has 1 saturated heterocycles. The lowest BCUT2D eigenvalue weighted by Crippen LogP contribution is -2.51. The van der Waals surface area contributed by atoms with E-state index in [1.54, 1.807) is 25.4 Å². The fourth-order valence-corrected chi connectivity index (χ4v) is 3.85. The minimum atomic E-state index is 0.301. The summed E-state index contributed by atoms with van der Waals surface area (Å²) in [5, 5.41) is 0.850. The zero-order chi connectivity index (χ0) is 22.7. The summed E-state index contributed by atoms with van der Waals surface area (Å²) in [4.78, 5) is 17.7. The number of hydrogen-bond donors (Lipinski definition) is 2. The molecule has 166 valence electrons. The number of ether oxygens (including phenoxy) is 1. The van der Waals surface area contributed by atoms with Crippen LogP contribution in [-0.4, -0.2) is 54.1 Å². The summed E-state index contributed by atoms with van der Waals surface area (Å²) in [5.41, 5.74) is 14.4. The third-order valence-electron chi connectivity index (χ3n) is 5.24.